The molecule has 0 spiro atoms. The van der Waals surface area contributed by atoms with E-state index in [4.69, 9.17) is 0 Å². The Morgan fingerprint density at radius 2 is 1.70 bits per heavy atom. The van der Waals surface area contributed by atoms with Crippen molar-refractivity contribution in [1.82, 2.24) is 15.5 Å². The number of urea groups is 1. The van der Waals surface area contributed by atoms with E-state index in [0.717, 1.165) is 11.1 Å². The summed E-state index contributed by atoms with van der Waals surface area (Å²) in [6, 6.07) is 11.3. The molecule has 0 saturated carbocycles. The van der Waals surface area contributed by atoms with Gasteiger partial charge in [-0.05, 0) is 62.2 Å². The summed E-state index contributed by atoms with van der Waals surface area (Å²) in [4.78, 5) is 15.0. The van der Waals surface area contributed by atoms with Crippen molar-refractivity contribution in [2.24, 2.45) is 5.92 Å². The van der Waals surface area contributed by atoms with Gasteiger partial charge in [-0.2, -0.15) is 0 Å². The maximum absolute atomic E-state index is 13.7. The number of nitrogens with zero attached hydrogens (tertiary/aromatic N) is 1. The SMILES string of the molecule is CC(C)(NC(=O)N(Cc1ccc(F)cc1)[C@@H]1CCNC[C@@H]1CF)c1ccc(F)cc1. The topological polar surface area (TPSA) is 44.4 Å². The fourth-order valence-electron chi connectivity index (χ4n) is 3.88. The summed E-state index contributed by atoms with van der Waals surface area (Å²) in [5.74, 6) is -1.02. The highest BCUT2D eigenvalue weighted by atomic mass is 19.1. The first-order valence-electron chi connectivity index (χ1n) is 10.2. The number of amides is 2. The van der Waals surface area contributed by atoms with Crippen molar-refractivity contribution in [2.75, 3.05) is 19.8 Å². The number of halogens is 3. The van der Waals surface area contributed by atoms with Gasteiger partial charge in [0, 0.05) is 25.0 Å². The zero-order valence-corrected chi connectivity index (χ0v) is 17.3. The summed E-state index contributed by atoms with van der Waals surface area (Å²) in [7, 11) is 0. The summed E-state index contributed by atoms with van der Waals surface area (Å²) in [6.07, 6.45) is 0.625. The van der Waals surface area contributed by atoms with Crippen molar-refractivity contribution in [1.29, 1.82) is 0 Å². The predicted octanol–water partition coefficient (Wildman–Crippen LogP) is 4.36. The van der Waals surface area contributed by atoms with Gasteiger partial charge in [-0.1, -0.05) is 24.3 Å². The molecule has 3 rings (SSSR count). The van der Waals surface area contributed by atoms with E-state index in [1.54, 1.807) is 29.2 Å². The monoisotopic (exact) mass is 419 g/mol. The first kappa shape index (κ1) is 22.2. The molecule has 0 radical (unpaired) electrons. The van der Waals surface area contributed by atoms with Crippen LogP contribution in [-0.2, 0) is 12.1 Å². The Morgan fingerprint density at radius 3 is 2.30 bits per heavy atom. The first-order chi connectivity index (χ1) is 14.3. The van der Waals surface area contributed by atoms with E-state index in [-0.39, 0.29) is 36.2 Å². The van der Waals surface area contributed by atoms with Gasteiger partial charge in [0.2, 0.25) is 0 Å². The molecule has 0 aliphatic carbocycles. The first-order valence-corrected chi connectivity index (χ1v) is 10.2. The van der Waals surface area contributed by atoms with Gasteiger partial charge >= 0.3 is 6.03 Å². The maximum Gasteiger partial charge on any atom is 0.318 e. The molecule has 0 unspecified atom stereocenters. The average Bonchev–Trinajstić information content (AvgIpc) is 2.73. The van der Waals surface area contributed by atoms with Crippen LogP contribution in [-0.4, -0.2) is 36.7 Å². The van der Waals surface area contributed by atoms with Crippen molar-refractivity contribution in [2.45, 2.75) is 38.4 Å². The third-order valence-electron chi connectivity index (χ3n) is 5.68. The molecule has 2 atom stereocenters. The minimum atomic E-state index is -0.760. The molecule has 1 fully saturated rings. The Hall–Kier alpha value is -2.54. The Bertz CT molecular complexity index is 840. The van der Waals surface area contributed by atoms with Gasteiger partial charge in [0.05, 0.1) is 12.2 Å². The van der Waals surface area contributed by atoms with Gasteiger partial charge in [-0.3, -0.25) is 4.39 Å². The number of benzene rings is 2. The Labute approximate surface area is 175 Å². The van der Waals surface area contributed by atoms with E-state index in [2.05, 4.69) is 10.6 Å². The molecular weight excluding hydrogens is 391 g/mol. The van der Waals surface area contributed by atoms with Crippen LogP contribution in [0.15, 0.2) is 48.5 Å². The number of rotatable bonds is 6. The van der Waals surface area contributed by atoms with Gasteiger partial charge in [-0.15, -0.1) is 0 Å². The van der Waals surface area contributed by atoms with Crippen LogP contribution in [0, 0.1) is 17.6 Å². The van der Waals surface area contributed by atoms with Crippen molar-refractivity contribution in [3.05, 3.63) is 71.3 Å². The van der Waals surface area contributed by atoms with Crippen LogP contribution in [0.25, 0.3) is 0 Å². The number of nitrogens with one attached hydrogen (secondary N) is 2. The van der Waals surface area contributed by atoms with Gasteiger partial charge < -0.3 is 15.5 Å². The van der Waals surface area contributed by atoms with Crippen LogP contribution < -0.4 is 10.6 Å². The molecule has 7 heteroatoms. The quantitative estimate of drug-likeness (QED) is 0.731. The van der Waals surface area contributed by atoms with Gasteiger partial charge in [0.1, 0.15) is 11.6 Å². The van der Waals surface area contributed by atoms with E-state index in [1.165, 1.54) is 24.3 Å². The molecule has 1 saturated heterocycles. The molecule has 2 aromatic carbocycles. The number of alkyl halides is 1. The second kappa shape index (κ2) is 9.51. The lowest BCUT2D eigenvalue weighted by atomic mass is 9.92. The average molecular weight is 419 g/mol. The second-order valence-electron chi connectivity index (χ2n) is 8.29. The largest absolute Gasteiger partial charge is 0.329 e. The molecular formula is C23H28F3N3O. The lowest BCUT2D eigenvalue weighted by Gasteiger charge is -2.41. The molecule has 1 aliphatic heterocycles. The van der Waals surface area contributed by atoms with Crippen LogP contribution in [0.3, 0.4) is 0 Å². The minimum Gasteiger partial charge on any atom is -0.329 e. The van der Waals surface area contributed by atoms with Crippen molar-refractivity contribution < 1.29 is 18.0 Å². The van der Waals surface area contributed by atoms with Gasteiger partial charge in [-0.25, -0.2) is 13.6 Å². The molecule has 0 bridgehead atoms. The smallest absolute Gasteiger partial charge is 0.318 e. The zero-order valence-electron chi connectivity index (χ0n) is 17.3. The van der Waals surface area contributed by atoms with E-state index in [1.807, 2.05) is 13.8 Å². The molecule has 1 heterocycles. The molecule has 1 aliphatic rings. The Kier molecular flexibility index (Phi) is 7.02. The molecule has 162 valence electrons. The highest BCUT2D eigenvalue weighted by Crippen LogP contribution is 2.25. The maximum atomic E-state index is 13.7. The third-order valence-corrected chi connectivity index (χ3v) is 5.68. The van der Waals surface area contributed by atoms with Crippen LogP contribution in [0.2, 0.25) is 0 Å². The van der Waals surface area contributed by atoms with Gasteiger partial charge in [0.15, 0.2) is 0 Å². The molecule has 4 nitrogen and oxygen atoms in total. The third kappa shape index (κ3) is 5.33. The molecule has 30 heavy (non-hydrogen) atoms. The highest BCUT2D eigenvalue weighted by Gasteiger charge is 2.35. The number of hydrogen-bond donors (Lipinski definition) is 2. The number of piperidine rings is 1. The number of hydrogen-bond acceptors (Lipinski definition) is 2. The number of carbonyl (C=O) groups excluding carboxylic acids is 1. The van der Waals surface area contributed by atoms with Crippen molar-refractivity contribution in [3.8, 4) is 0 Å². The molecule has 2 N–H and O–H groups in total. The summed E-state index contributed by atoms with van der Waals surface area (Å²) >= 11 is 0. The van der Waals surface area contributed by atoms with E-state index < -0.39 is 12.2 Å². The predicted molar refractivity (Wildman–Crippen MR) is 111 cm³/mol. The number of carbonyl (C=O) groups is 1. The molecule has 0 aromatic heterocycles. The highest BCUT2D eigenvalue weighted by molar-refractivity contribution is 5.75. The summed E-state index contributed by atoms with van der Waals surface area (Å²) < 4.78 is 40.3. The second-order valence-corrected chi connectivity index (χ2v) is 8.29. The normalized spacial score (nSPS) is 19.4. The fraction of sp³-hybridized carbons (Fsp3) is 0.435. The Balaban J connectivity index is 1.84. The van der Waals surface area contributed by atoms with Gasteiger partial charge in [0.25, 0.3) is 0 Å². The van der Waals surface area contributed by atoms with Crippen LogP contribution in [0.4, 0.5) is 18.0 Å². The van der Waals surface area contributed by atoms with Crippen LogP contribution >= 0.6 is 0 Å². The zero-order chi connectivity index (χ0) is 21.7. The van der Waals surface area contributed by atoms with E-state index >= 15 is 0 Å². The lowest BCUT2D eigenvalue weighted by molar-refractivity contribution is 0.104. The lowest BCUT2D eigenvalue weighted by Crippen LogP contribution is -2.57. The molecule has 2 amide bonds. The summed E-state index contributed by atoms with van der Waals surface area (Å²) in [5.41, 5.74) is 0.762. The fourth-order valence-corrected chi connectivity index (χ4v) is 3.88. The van der Waals surface area contributed by atoms with Crippen LogP contribution in [0.1, 0.15) is 31.4 Å². The van der Waals surface area contributed by atoms with Crippen molar-refractivity contribution >= 4 is 6.03 Å². The Morgan fingerprint density at radius 1 is 1.10 bits per heavy atom. The summed E-state index contributed by atoms with van der Waals surface area (Å²) in [6.45, 7) is 4.57. The molecule has 2 aromatic rings. The minimum absolute atomic E-state index is 0.243. The van der Waals surface area contributed by atoms with E-state index in [0.29, 0.717) is 19.5 Å². The van der Waals surface area contributed by atoms with Crippen LogP contribution in [0.5, 0.6) is 0 Å². The standard InChI is InChI=1S/C23H28F3N3O/c1-23(2,18-5-9-20(26)10-6-18)28-22(30)29(15-16-3-7-19(25)8-4-16)21-11-12-27-14-17(21)13-24/h3-10,17,21,27H,11-15H2,1-2H3,(H,28,30)/t17-,21+/m0/s1. The summed E-state index contributed by atoms with van der Waals surface area (Å²) in [5, 5.41) is 6.19. The van der Waals surface area contributed by atoms with Crippen molar-refractivity contribution in [3.63, 3.8) is 0 Å². The van der Waals surface area contributed by atoms with E-state index in [9.17, 15) is 18.0 Å².